The number of benzene rings is 1. The maximum atomic E-state index is 11.4. The maximum Gasteiger partial charge on any atom is 0.228 e. The van der Waals surface area contributed by atoms with Crippen LogP contribution in [0, 0.1) is 5.92 Å². The van der Waals surface area contributed by atoms with Crippen LogP contribution in [-0.4, -0.2) is 12.5 Å². The first-order valence-electron chi connectivity index (χ1n) is 7.04. The second-order valence-electron chi connectivity index (χ2n) is 5.48. The van der Waals surface area contributed by atoms with Gasteiger partial charge in [-0.3, -0.25) is 4.79 Å². The number of halogens is 1. The summed E-state index contributed by atoms with van der Waals surface area (Å²) in [5.74, 6) is 0.743. The van der Waals surface area contributed by atoms with Crippen molar-refractivity contribution >= 4 is 23.2 Å². The van der Waals surface area contributed by atoms with Crippen molar-refractivity contribution < 1.29 is 4.79 Å². The van der Waals surface area contributed by atoms with Crippen LogP contribution in [0.25, 0.3) is 0 Å². The van der Waals surface area contributed by atoms with E-state index < -0.39 is 0 Å². The molecule has 1 aliphatic heterocycles. The lowest BCUT2D eigenvalue weighted by Gasteiger charge is -2.35. The van der Waals surface area contributed by atoms with E-state index in [0.29, 0.717) is 18.4 Å². The molecule has 4 heteroatoms. The number of rotatable bonds is 4. The number of carbonyl (C=O) groups is 1. The Morgan fingerprint density at radius 2 is 2.26 bits per heavy atom. The van der Waals surface area contributed by atoms with Gasteiger partial charge in [-0.1, -0.05) is 31.0 Å². The Balaban J connectivity index is 1.94. The zero-order chi connectivity index (χ0) is 13.4. The number of amides is 1. The molecule has 3 rings (SSSR count). The number of carbonyl (C=O) groups excluding carboxylic acids is 1. The number of fused-ring (bicyclic) bond motifs is 1. The van der Waals surface area contributed by atoms with Crippen molar-refractivity contribution in [3.63, 3.8) is 0 Å². The van der Waals surface area contributed by atoms with Crippen LogP contribution in [0.3, 0.4) is 0 Å². The van der Waals surface area contributed by atoms with Crippen LogP contribution in [-0.2, 0) is 11.2 Å². The van der Waals surface area contributed by atoms with Crippen LogP contribution in [0.15, 0.2) is 12.1 Å². The van der Waals surface area contributed by atoms with Crippen LogP contribution < -0.4 is 10.6 Å². The monoisotopic (exact) mass is 278 g/mol. The van der Waals surface area contributed by atoms with E-state index in [0.717, 1.165) is 28.4 Å². The highest BCUT2D eigenvalue weighted by Gasteiger charge is 2.30. The fraction of sp³-hybridized carbons (Fsp3) is 0.533. The molecule has 1 aromatic carbocycles. The zero-order valence-corrected chi connectivity index (χ0v) is 11.9. The van der Waals surface area contributed by atoms with Crippen molar-refractivity contribution in [1.29, 1.82) is 0 Å². The predicted octanol–water partition coefficient (Wildman–Crippen LogP) is 3.29. The van der Waals surface area contributed by atoms with Gasteiger partial charge in [-0.25, -0.2) is 0 Å². The minimum absolute atomic E-state index is 0.0619. The summed E-state index contributed by atoms with van der Waals surface area (Å²) < 4.78 is 0. The smallest absolute Gasteiger partial charge is 0.228 e. The van der Waals surface area contributed by atoms with Crippen LogP contribution in [0.5, 0.6) is 0 Å². The molecule has 1 saturated carbocycles. The van der Waals surface area contributed by atoms with E-state index in [9.17, 15) is 4.79 Å². The third kappa shape index (κ3) is 2.37. The maximum absolute atomic E-state index is 11.4. The molecule has 1 unspecified atom stereocenters. The Bertz CT molecular complexity index is 511. The second kappa shape index (κ2) is 5.14. The SMILES string of the molecule is CCNC(c1cc2c(cc1Cl)NC(=O)C2)C1CCC1. The summed E-state index contributed by atoms with van der Waals surface area (Å²) in [6, 6.07) is 4.34. The van der Waals surface area contributed by atoms with E-state index in [1.807, 2.05) is 6.07 Å². The number of hydrogen-bond donors (Lipinski definition) is 2. The Morgan fingerprint density at radius 3 is 2.89 bits per heavy atom. The van der Waals surface area contributed by atoms with Gasteiger partial charge < -0.3 is 10.6 Å². The minimum Gasteiger partial charge on any atom is -0.325 e. The summed E-state index contributed by atoms with van der Waals surface area (Å²) in [4.78, 5) is 11.4. The Kier molecular flexibility index (Phi) is 3.50. The Labute approximate surface area is 118 Å². The summed E-state index contributed by atoms with van der Waals surface area (Å²) in [6.45, 7) is 3.06. The first-order chi connectivity index (χ1) is 9.19. The quantitative estimate of drug-likeness (QED) is 0.887. The summed E-state index contributed by atoms with van der Waals surface area (Å²) in [6.07, 6.45) is 4.32. The van der Waals surface area contributed by atoms with Gasteiger partial charge >= 0.3 is 0 Å². The van der Waals surface area contributed by atoms with Crippen LogP contribution >= 0.6 is 11.6 Å². The third-order valence-electron chi connectivity index (χ3n) is 4.23. The van der Waals surface area contributed by atoms with Gasteiger partial charge in [0.1, 0.15) is 0 Å². The highest BCUT2D eigenvalue weighted by atomic mass is 35.5. The van der Waals surface area contributed by atoms with Gasteiger partial charge in [0.2, 0.25) is 5.91 Å². The van der Waals surface area contributed by atoms with E-state index in [-0.39, 0.29) is 5.91 Å². The molecule has 1 fully saturated rings. The molecule has 1 aromatic rings. The second-order valence-corrected chi connectivity index (χ2v) is 5.89. The molecule has 2 N–H and O–H groups in total. The molecular weight excluding hydrogens is 260 g/mol. The normalized spacial score (nSPS) is 19.8. The molecule has 102 valence electrons. The lowest BCUT2D eigenvalue weighted by molar-refractivity contribution is -0.115. The molecule has 3 nitrogen and oxygen atoms in total. The van der Waals surface area contributed by atoms with Crippen molar-refractivity contribution in [2.24, 2.45) is 5.92 Å². The number of nitrogens with one attached hydrogen (secondary N) is 2. The molecule has 2 aliphatic rings. The van der Waals surface area contributed by atoms with Crippen LogP contribution in [0.1, 0.15) is 43.4 Å². The Morgan fingerprint density at radius 1 is 1.47 bits per heavy atom. The van der Waals surface area contributed by atoms with E-state index >= 15 is 0 Å². The van der Waals surface area contributed by atoms with Gasteiger partial charge in [0.15, 0.2) is 0 Å². The van der Waals surface area contributed by atoms with Crippen molar-refractivity contribution in [2.45, 2.75) is 38.6 Å². The van der Waals surface area contributed by atoms with Crippen LogP contribution in [0.4, 0.5) is 5.69 Å². The summed E-state index contributed by atoms with van der Waals surface area (Å²) >= 11 is 6.42. The lowest BCUT2D eigenvalue weighted by atomic mass is 9.77. The molecule has 0 bridgehead atoms. The topological polar surface area (TPSA) is 41.1 Å². The average molecular weight is 279 g/mol. The first kappa shape index (κ1) is 12.9. The number of anilines is 1. The van der Waals surface area contributed by atoms with E-state index in [1.165, 1.54) is 19.3 Å². The molecule has 0 radical (unpaired) electrons. The lowest BCUT2D eigenvalue weighted by Crippen LogP contribution is -2.32. The molecule has 1 amide bonds. The number of hydrogen-bond acceptors (Lipinski definition) is 2. The largest absolute Gasteiger partial charge is 0.325 e. The fourth-order valence-corrected chi connectivity index (χ4v) is 3.31. The van der Waals surface area contributed by atoms with Crippen molar-refractivity contribution in [3.05, 3.63) is 28.3 Å². The molecule has 1 heterocycles. The fourth-order valence-electron chi connectivity index (χ4n) is 3.03. The first-order valence-corrected chi connectivity index (χ1v) is 7.42. The molecule has 0 saturated heterocycles. The van der Waals surface area contributed by atoms with E-state index in [2.05, 4.69) is 23.6 Å². The molecule has 1 aliphatic carbocycles. The highest BCUT2D eigenvalue weighted by molar-refractivity contribution is 6.32. The van der Waals surface area contributed by atoms with Gasteiger partial charge in [0.05, 0.1) is 6.42 Å². The van der Waals surface area contributed by atoms with Crippen LogP contribution in [0.2, 0.25) is 5.02 Å². The standard InChI is InChI=1S/C15H19ClN2O/c1-2-17-15(9-4-3-5-9)11-6-10-7-14(19)18-13(10)8-12(11)16/h6,8-9,15,17H,2-5,7H2,1H3,(H,18,19). The third-order valence-corrected chi connectivity index (χ3v) is 4.56. The summed E-state index contributed by atoms with van der Waals surface area (Å²) in [7, 11) is 0. The summed E-state index contributed by atoms with van der Waals surface area (Å²) in [5, 5.41) is 7.17. The molecule has 0 spiro atoms. The Hall–Kier alpha value is -1.06. The summed E-state index contributed by atoms with van der Waals surface area (Å²) in [5.41, 5.74) is 3.11. The van der Waals surface area contributed by atoms with Gasteiger partial charge in [-0.15, -0.1) is 0 Å². The average Bonchev–Trinajstić information content (AvgIpc) is 2.64. The van der Waals surface area contributed by atoms with E-state index in [4.69, 9.17) is 11.6 Å². The molecular formula is C15H19ClN2O. The van der Waals surface area contributed by atoms with Gasteiger partial charge in [-0.2, -0.15) is 0 Å². The van der Waals surface area contributed by atoms with Gasteiger partial charge in [-0.05, 0) is 42.5 Å². The molecule has 0 aromatic heterocycles. The zero-order valence-electron chi connectivity index (χ0n) is 11.1. The van der Waals surface area contributed by atoms with Crippen molar-refractivity contribution in [2.75, 3.05) is 11.9 Å². The van der Waals surface area contributed by atoms with Gasteiger partial charge in [0.25, 0.3) is 0 Å². The van der Waals surface area contributed by atoms with E-state index in [1.54, 1.807) is 0 Å². The molecule has 19 heavy (non-hydrogen) atoms. The minimum atomic E-state index is 0.0619. The van der Waals surface area contributed by atoms with Crippen molar-refractivity contribution in [1.82, 2.24) is 5.32 Å². The predicted molar refractivity (Wildman–Crippen MR) is 77.5 cm³/mol. The highest BCUT2D eigenvalue weighted by Crippen LogP contribution is 2.42. The van der Waals surface area contributed by atoms with Crippen molar-refractivity contribution in [3.8, 4) is 0 Å². The molecule has 1 atom stereocenters. The van der Waals surface area contributed by atoms with Gasteiger partial charge in [0, 0.05) is 16.8 Å².